The summed E-state index contributed by atoms with van der Waals surface area (Å²) in [6.45, 7) is 2.31. The smallest absolute Gasteiger partial charge is 0.243 e. The van der Waals surface area contributed by atoms with Gasteiger partial charge in [0.2, 0.25) is 5.91 Å². The van der Waals surface area contributed by atoms with Crippen LogP contribution in [0.1, 0.15) is 25.7 Å². The van der Waals surface area contributed by atoms with E-state index in [2.05, 4.69) is 21.9 Å². The van der Waals surface area contributed by atoms with Crippen LogP contribution in [-0.2, 0) is 9.53 Å². The number of guanidine groups is 1. The van der Waals surface area contributed by atoms with E-state index in [1.54, 1.807) is 26.1 Å². The minimum atomic E-state index is -0.00935. The Labute approximate surface area is 139 Å². The molecule has 7 heteroatoms. The summed E-state index contributed by atoms with van der Waals surface area (Å²) in [5.74, 6) is 1.91. The second-order valence-electron chi connectivity index (χ2n) is 5.21. The normalized spacial score (nSPS) is 11.4. The molecular weight excluding hydrogens is 300 g/mol. The van der Waals surface area contributed by atoms with Gasteiger partial charge in [-0.05, 0) is 24.9 Å². The number of hydrogen-bond donors (Lipinski definition) is 2. The van der Waals surface area contributed by atoms with E-state index in [9.17, 15) is 4.79 Å². The Morgan fingerprint density at radius 3 is 2.45 bits per heavy atom. The van der Waals surface area contributed by atoms with Crippen molar-refractivity contribution in [3.63, 3.8) is 0 Å². The number of thioether (sulfide) groups is 1. The number of carbonyl (C=O) groups excluding carboxylic acids is 1. The fraction of sp³-hybridized carbons (Fsp3) is 0.867. The van der Waals surface area contributed by atoms with Crippen molar-refractivity contribution in [1.29, 1.82) is 0 Å². The lowest BCUT2D eigenvalue weighted by atomic mass is 10.2. The highest BCUT2D eigenvalue weighted by Gasteiger charge is 2.04. The molecular formula is C15H32N4O2S. The second-order valence-corrected chi connectivity index (χ2v) is 6.19. The average Bonchev–Trinajstić information content (AvgIpc) is 2.50. The summed E-state index contributed by atoms with van der Waals surface area (Å²) in [5.41, 5.74) is 0. The number of rotatable bonds is 12. The molecule has 0 aromatic rings. The Morgan fingerprint density at radius 1 is 1.14 bits per heavy atom. The van der Waals surface area contributed by atoms with Gasteiger partial charge in [-0.25, -0.2) is 4.99 Å². The van der Waals surface area contributed by atoms with E-state index in [0.29, 0.717) is 19.1 Å². The number of nitrogens with one attached hydrogen (secondary N) is 2. The number of unbranched alkanes of at least 4 members (excludes halogenated alkanes) is 3. The van der Waals surface area contributed by atoms with E-state index in [0.717, 1.165) is 13.0 Å². The predicted molar refractivity (Wildman–Crippen MR) is 95.7 cm³/mol. The lowest BCUT2D eigenvalue weighted by molar-refractivity contribution is -0.127. The Balaban J connectivity index is 4.01. The van der Waals surface area contributed by atoms with Gasteiger partial charge in [0.25, 0.3) is 0 Å². The van der Waals surface area contributed by atoms with E-state index in [4.69, 9.17) is 4.74 Å². The zero-order valence-corrected chi connectivity index (χ0v) is 15.3. The first kappa shape index (κ1) is 21.0. The van der Waals surface area contributed by atoms with Crippen LogP contribution < -0.4 is 10.6 Å². The summed E-state index contributed by atoms with van der Waals surface area (Å²) in [6.07, 6.45) is 7.03. The van der Waals surface area contributed by atoms with Crippen molar-refractivity contribution in [3.05, 3.63) is 0 Å². The molecule has 0 heterocycles. The molecule has 0 atom stereocenters. The van der Waals surface area contributed by atoms with Gasteiger partial charge in [0.1, 0.15) is 6.54 Å². The molecule has 2 N–H and O–H groups in total. The first-order valence-electron chi connectivity index (χ1n) is 7.82. The van der Waals surface area contributed by atoms with Crippen molar-refractivity contribution >= 4 is 23.6 Å². The van der Waals surface area contributed by atoms with Crippen LogP contribution in [0.15, 0.2) is 4.99 Å². The van der Waals surface area contributed by atoms with Gasteiger partial charge in [0.05, 0.1) is 6.61 Å². The number of ether oxygens (including phenoxy) is 1. The highest BCUT2D eigenvalue weighted by molar-refractivity contribution is 7.98. The maximum absolute atomic E-state index is 11.6. The molecule has 22 heavy (non-hydrogen) atoms. The van der Waals surface area contributed by atoms with Crippen molar-refractivity contribution in [3.8, 4) is 0 Å². The van der Waals surface area contributed by atoms with Gasteiger partial charge in [-0.2, -0.15) is 11.8 Å². The number of nitrogens with zero attached hydrogens (tertiary/aromatic N) is 2. The molecule has 0 unspecified atom stereocenters. The topological polar surface area (TPSA) is 66.0 Å². The van der Waals surface area contributed by atoms with Crippen molar-refractivity contribution in [1.82, 2.24) is 15.5 Å². The van der Waals surface area contributed by atoms with Crippen molar-refractivity contribution < 1.29 is 9.53 Å². The van der Waals surface area contributed by atoms with Crippen LogP contribution in [0.2, 0.25) is 0 Å². The van der Waals surface area contributed by atoms with E-state index >= 15 is 0 Å². The summed E-state index contributed by atoms with van der Waals surface area (Å²) in [7, 11) is 5.13. The molecule has 0 aromatic heterocycles. The fourth-order valence-electron chi connectivity index (χ4n) is 1.67. The summed E-state index contributed by atoms with van der Waals surface area (Å²) in [4.78, 5) is 17.4. The number of amides is 1. The van der Waals surface area contributed by atoms with Crippen LogP contribution >= 0.6 is 11.8 Å². The van der Waals surface area contributed by atoms with Gasteiger partial charge in [0, 0.05) is 34.3 Å². The largest absolute Gasteiger partial charge is 0.383 e. The van der Waals surface area contributed by atoms with Gasteiger partial charge in [-0.15, -0.1) is 0 Å². The van der Waals surface area contributed by atoms with E-state index in [1.807, 2.05) is 11.8 Å². The van der Waals surface area contributed by atoms with Crippen LogP contribution in [0.3, 0.4) is 0 Å². The average molecular weight is 333 g/mol. The molecule has 130 valence electrons. The SMILES string of the molecule is COCCNC(=NCC(=O)N(C)C)NCCCCCCSC. The Hall–Kier alpha value is -0.950. The Morgan fingerprint density at radius 2 is 1.82 bits per heavy atom. The molecule has 0 rings (SSSR count). The third-order valence-corrected chi connectivity index (χ3v) is 3.73. The molecule has 0 aliphatic heterocycles. The van der Waals surface area contributed by atoms with E-state index < -0.39 is 0 Å². The number of likely N-dealkylation sites (N-methyl/N-ethyl adjacent to an activating group) is 1. The molecule has 0 aliphatic carbocycles. The molecule has 0 aromatic carbocycles. The summed E-state index contributed by atoms with van der Waals surface area (Å²) < 4.78 is 5.01. The molecule has 0 spiro atoms. The Kier molecular flexibility index (Phi) is 14.3. The van der Waals surface area contributed by atoms with Gasteiger partial charge in [-0.1, -0.05) is 12.8 Å². The van der Waals surface area contributed by atoms with Crippen LogP contribution in [0.25, 0.3) is 0 Å². The zero-order valence-electron chi connectivity index (χ0n) is 14.5. The third kappa shape index (κ3) is 12.8. The summed E-state index contributed by atoms with van der Waals surface area (Å²) >= 11 is 1.90. The Bertz CT molecular complexity index is 312. The van der Waals surface area contributed by atoms with Crippen molar-refractivity contribution in [2.75, 3.05) is 59.5 Å². The lowest BCUT2D eigenvalue weighted by Crippen LogP contribution is -2.40. The zero-order chi connectivity index (χ0) is 16.6. The number of methoxy groups -OCH3 is 1. The molecule has 0 radical (unpaired) electrons. The van der Waals surface area contributed by atoms with Crippen LogP contribution in [0.4, 0.5) is 0 Å². The minimum Gasteiger partial charge on any atom is -0.383 e. The maximum Gasteiger partial charge on any atom is 0.243 e. The molecule has 0 fully saturated rings. The summed E-state index contributed by atoms with van der Waals surface area (Å²) in [6, 6.07) is 0. The van der Waals surface area contributed by atoms with Gasteiger partial charge in [0.15, 0.2) is 5.96 Å². The van der Waals surface area contributed by atoms with Crippen molar-refractivity contribution in [2.45, 2.75) is 25.7 Å². The minimum absolute atomic E-state index is 0.00935. The first-order chi connectivity index (χ1) is 10.6. The fourth-order valence-corrected chi connectivity index (χ4v) is 2.16. The van der Waals surface area contributed by atoms with Crippen molar-refractivity contribution in [2.24, 2.45) is 4.99 Å². The number of carbonyl (C=O) groups is 1. The van der Waals surface area contributed by atoms with E-state index in [-0.39, 0.29) is 12.5 Å². The van der Waals surface area contributed by atoms with E-state index in [1.165, 1.54) is 25.0 Å². The number of hydrogen-bond acceptors (Lipinski definition) is 4. The highest BCUT2D eigenvalue weighted by atomic mass is 32.2. The molecule has 0 aliphatic rings. The quantitative estimate of drug-likeness (QED) is 0.319. The van der Waals surface area contributed by atoms with Gasteiger partial charge < -0.3 is 20.3 Å². The monoisotopic (exact) mass is 332 g/mol. The highest BCUT2D eigenvalue weighted by Crippen LogP contribution is 2.03. The van der Waals surface area contributed by atoms with Crippen LogP contribution in [0.5, 0.6) is 0 Å². The summed E-state index contributed by atoms with van der Waals surface area (Å²) in [5, 5.41) is 6.44. The number of aliphatic imine (C=N–C) groups is 1. The predicted octanol–water partition coefficient (Wildman–Crippen LogP) is 1.18. The third-order valence-electron chi connectivity index (χ3n) is 3.04. The first-order valence-corrected chi connectivity index (χ1v) is 9.21. The van der Waals surface area contributed by atoms with Crippen LogP contribution in [-0.4, -0.2) is 76.2 Å². The van der Waals surface area contributed by atoms with Gasteiger partial charge in [-0.3, -0.25) is 4.79 Å². The lowest BCUT2D eigenvalue weighted by Gasteiger charge is -2.13. The molecule has 0 bridgehead atoms. The molecule has 1 amide bonds. The molecule has 0 saturated heterocycles. The maximum atomic E-state index is 11.6. The molecule has 0 saturated carbocycles. The van der Waals surface area contributed by atoms with Crippen LogP contribution in [0, 0.1) is 0 Å². The standard InChI is InChI=1S/C15H32N4O2S/c1-19(2)14(20)13-18-15(17-10-11-21-3)16-9-7-5-6-8-12-22-4/h5-13H2,1-4H3,(H2,16,17,18). The molecule has 6 nitrogen and oxygen atoms in total. The second kappa shape index (κ2) is 15.0. The van der Waals surface area contributed by atoms with Gasteiger partial charge >= 0.3 is 0 Å².